The van der Waals surface area contributed by atoms with Crippen LogP contribution in [0.1, 0.15) is 18.1 Å². The van der Waals surface area contributed by atoms with Gasteiger partial charge >= 0.3 is 0 Å². The molecule has 0 N–H and O–H groups in total. The molecule has 1 heterocycles. The number of hydrogen-bond donors (Lipinski definition) is 0. The summed E-state index contributed by atoms with van der Waals surface area (Å²) in [5.74, 6) is 0. The van der Waals surface area contributed by atoms with E-state index >= 15 is 0 Å². The molecule has 120 valence electrons. The number of benzene rings is 3. The van der Waals surface area contributed by atoms with Gasteiger partial charge < -0.3 is 9.64 Å². The minimum atomic E-state index is -0.00790. The SMILES string of the molecule is S=C1OC(c2ccc(Cl)cc2)CCN1c1ccc2ccccc2c1. The van der Waals surface area contributed by atoms with Crippen molar-refractivity contribution in [2.75, 3.05) is 11.4 Å². The number of halogens is 1. The molecule has 1 atom stereocenters. The van der Waals surface area contributed by atoms with E-state index < -0.39 is 0 Å². The predicted molar refractivity (Wildman–Crippen MR) is 104 cm³/mol. The summed E-state index contributed by atoms with van der Waals surface area (Å²) in [6, 6.07) is 22.5. The van der Waals surface area contributed by atoms with Crippen molar-refractivity contribution in [3.8, 4) is 0 Å². The van der Waals surface area contributed by atoms with Gasteiger partial charge in [0.2, 0.25) is 0 Å². The zero-order chi connectivity index (χ0) is 16.5. The zero-order valence-corrected chi connectivity index (χ0v) is 14.6. The third-order valence-electron chi connectivity index (χ3n) is 4.36. The molecule has 0 saturated carbocycles. The van der Waals surface area contributed by atoms with Crippen LogP contribution >= 0.6 is 23.8 Å². The monoisotopic (exact) mass is 353 g/mol. The summed E-state index contributed by atoms with van der Waals surface area (Å²) in [5, 5.41) is 3.69. The van der Waals surface area contributed by atoms with Crippen LogP contribution in [0.15, 0.2) is 66.7 Å². The number of anilines is 1. The Morgan fingerprint density at radius 3 is 2.46 bits per heavy atom. The molecule has 0 bridgehead atoms. The summed E-state index contributed by atoms with van der Waals surface area (Å²) in [5.41, 5.74) is 2.19. The van der Waals surface area contributed by atoms with E-state index in [0.717, 1.165) is 29.2 Å². The van der Waals surface area contributed by atoms with Crippen molar-refractivity contribution in [2.45, 2.75) is 12.5 Å². The molecule has 0 aliphatic carbocycles. The van der Waals surface area contributed by atoms with E-state index in [1.807, 2.05) is 36.4 Å². The van der Waals surface area contributed by atoms with Crippen molar-refractivity contribution in [3.63, 3.8) is 0 Å². The molecule has 2 nitrogen and oxygen atoms in total. The second-order valence-corrected chi connectivity index (χ2v) is 6.68. The first-order valence-electron chi connectivity index (χ1n) is 7.93. The van der Waals surface area contributed by atoms with Crippen LogP contribution in [-0.2, 0) is 4.74 Å². The summed E-state index contributed by atoms with van der Waals surface area (Å²) in [7, 11) is 0. The second-order valence-electron chi connectivity index (χ2n) is 5.90. The molecule has 1 aliphatic heterocycles. The van der Waals surface area contributed by atoms with Crippen LogP contribution in [0.25, 0.3) is 10.8 Å². The maximum atomic E-state index is 6.01. The van der Waals surface area contributed by atoms with Crippen LogP contribution in [0.2, 0.25) is 5.02 Å². The van der Waals surface area contributed by atoms with Gasteiger partial charge in [0.1, 0.15) is 6.10 Å². The topological polar surface area (TPSA) is 12.5 Å². The second kappa shape index (κ2) is 6.42. The number of hydrogen-bond acceptors (Lipinski definition) is 2. The highest BCUT2D eigenvalue weighted by Gasteiger charge is 2.26. The number of thiocarbonyl (C=S) groups is 1. The van der Waals surface area contributed by atoms with Crippen molar-refractivity contribution in [2.24, 2.45) is 0 Å². The summed E-state index contributed by atoms with van der Waals surface area (Å²) < 4.78 is 6.01. The van der Waals surface area contributed by atoms with Crippen molar-refractivity contribution >= 4 is 45.5 Å². The van der Waals surface area contributed by atoms with Gasteiger partial charge in [0.15, 0.2) is 0 Å². The van der Waals surface area contributed by atoms with E-state index in [4.69, 9.17) is 28.6 Å². The van der Waals surface area contributed by atoms with E-state index in [2.05, 4.69) is 35.2 Å². The van der Waals surface area contributed by atoms with Gasteiger partial charge in [-0.05, 0) is 52.8 Å². The number of rotatable bonds is 2. The average molecular weight is 354 g/mol. The van der Waals surface area contributed by atoms with Gasteiger partial charge in [0, 0.05) is 23.7 Å². The lowest BCUT2D eigenvalue weighted by atomic mass is 10.0. The fourth-order valence-electron chi connectivity index (χ4n) is 3.07. The lowest BCUT2D eigenvalue weighted by Crippen LogP contribution is -2.38. The predicted octanol–water partition coefficient (Wildman–Crippen LogP) is 5.75. The highest BCUT2D eigenvalue weighted by molar-refractivity contribution is 7.80. The van der Waals surface area contributed by atoms with Crippen molar-refractivity contribution in [1.82, 2.24) is 0 Å². The molecule has 0 radical (unpaired) electrons. The maximum Gasteiger partial charge on any atom is 0.264 e. The highest BCUT2D eigenvalue weighted by Crippen LogP contribution is 2.31. The molecule has 0 aromatic heterocycles. The quantitative estimate of drug-likeness (QED) is 0.544. The molecule has 1 unspecified atom stereocenters. The lowest BCUT2D eigenvalue weighted by molar-refractivity contribution is 0.167. The van der Waals surface area contributed by atoms with Crippen molar-refractivity contribution < 1.29 is 4.74 Å². The van der Waals surface area contributed by atoms with E-state index in [9.17, 15) is 0 Å². The summed E-state index contributed by atoms with van der Waals surface area (Å²) in [6.07, 6.45) is 0.876. The molecule has 3 aromatic rings. The van der Waals surface area contributed by atoms with Gasteiger partial charge in [0.05, 0.1) is 0 Å². The molecular weight excluding hydrogens is 338 g/mol. The first-order valence-corrected chi connectivity index (χ1v) is 8.72. The van der Waals surface area contributed by atoms with E-state index in [1.165, 1.54) is 10.8 Å². The Kier molecular flexibility index (Phi) is 4.13. The molecule has 1 fully saturated rings. The Labute approximate surface area is 151 Å². The van der Waals surface area contributed by atoms with Crippen molar-refractivity contribution in [3.05, 3.63) is 77.3 Å². The standard InChI is InChI=1S/C20H16ClNOS/c21-17-8-5-15(6-9-17)19-11-12-22(20(24)23-19)18-10-7-14-3-1-2-4-16(14)13-18/h1-10,13,19H,11-12H2. The smallest absolute Gasteiger partial charge is 0.264 e. The lowest BCUT2D eigenvalue weighted by Gasteiger charge is -2.34. The normalized spacial score (nSPS) is 17.8. The van der Waals surface area contributed by atoms with Crippen LogP contribution in [-0.4, -0.2) is 11.7 Å². The highest BCUT2D eigenvalue weighted by atomic mass is 35.5. The molecule has 0 spiro atoms. The molecule has 4 rings (SSSR count). The molecule has 1 aliphatic rings. The van der Waals surface area contributed by atoms with Crippen LogP contribution in [0.5, 0.6) is 0 Å². The Balaban J connectivity index is 1.55. The Morgan fingerprint density at radius 1 is 0.958 bits per heavy atom. The Hall–Kier alpha value is -2.10. The van der Waals surface area contributed by atoms with Crippen LogP contribution in [0, 0.1) is 0 Å². The summed E-state index contributed by atoms with van der Waals surface area (Å²) in [6.45, 7) is 0.838. The van der Waals surface area contributed by atoms with E-state index in [0.29, 0.717) is 5.17 Å². The molecule has 3 aromatic carbocycles. The van der Waals surface area contributed by atoms with Crippen LogP contribution in [0.3, 0.4) is 0 Å². The van der Waals surface area contributed by atoms with Crippen LogP contribution < -0.4 is 4.90 Å². The molecule has 24 heavy (non-hydrogen) atoms. The fourth-order valence-corrected chi connectivity index (χ4v) is 3.51. The Bertz CT molecular complexity index is 894. The molecule has 0 amide bonds. The third-order valence-corrected chi connectivity index (χ3v) is 4.93. The fraction of sp³-hybridized carbons (Fsp3) is 0.150. The maximum absolute atomic E-state index is 6.01. The van der Waals surface area contributed by atoms with Gasteiger partial charge in [-0.25, -0.2) is 0 Å². The van der Waals surface area contributed by atoms with E-state index in [-0.39, 0.29) is 6.10 Å². The van der Waals surface area contributed by atoms with Gasteiger partial charge in [-0.3, -0.25) is 0 Å². The average Bonchev–Trinajstić information content (AvgIpc) is 2.62. The third kappa shape index (κ3) is 2.97. The van der Waals surface area contributed by atoms with Crippen molar-refractivity contribution in [1.29, 1.82) is 0 Å². The summed E-state index contributed by atoms with van der Waals surface area (Å²) >= 11 is 11.5. The van der Waals surface area contributed by atoms with Crippen LogP contribution in [0.4, 0.5) is 5.69 Å². The molecular formula is C20H16ClNOS. The van der Waals surface area contributed by atoms with Gasteiger partial charge in [0.25, 0.3) is 5.17 Å². The Morgan fingerprint density at radius 2 is 1.71 bits per heavy atom. The number of ether oxygens (including phenoxy) is 1. The minimum Gasteiger partial charge on any atom is -0.462 e. The molecule has 4 heteroatoms. The van der Waals surface area contributed by atoms with Gasteiger partial charge in [-0.1, -0.05) is 54.1 Å². The number of fused-ring (bicyclic) bond motifs is 1. The first-order chi connectivity index (χ1) is 11.7. The van der Waals surface area contributed by atoms with Gasteiger partial charge in [-0.2, -0.15) is 0 Å². The van der Waals surface area contributed by atoms with E-state index in [1.54, 1.807) is 0 Å². The minimum absolute atomic E-state index is 0.00790. The first kappa shape index (κ1) is 15.4. The molecule has 1 saturated heterocycles. The number of nitrogens with zero attached hydrogens (tertiary/aromatic N) is 1. The van der Waals surface area contributed by atoms with Gasteiger partial charge in [-0.15, -0.1) is 0 Å². The summed E-state index contributed by atoms with van der Waals surface area (Å²) in [4.78, 5) is 2.06. The zero-order valence-electron chi connectivity index (χ0n) is 13.0. The largest absolute Gasteiger partial charge is 0.462 e.